The highest BCUT2D eigenvalue weighted by Crippen LogP contribution is 2.17. The number of nitriles is 1. The third-order valence-electron chi connectivity index (χ3n) is 2.76. The number of benzene rings is 1. The lowest BCUT2D eigenvalue weighted by atomic mass is 10.1. The van der Waals surface area contributed by atoms with Gasteiger partial charge in [0.05, 0.1) is 17.4 Å². The number of carbonyl (C=O) groups is 1. The molecule has 106 valence electrons. The number of nitrogens with zero attached hydrogens (tertiary/aromatic N) is 1. The van der Waals surface area contributed by atoms with Gasteiger partial charge in [-0.15, -0.1) is 0 Å². The molecule has 4 nitrogen and oxygen atoms in total. The fourth-order valence-electron chi connectivity index (χ4n) is 1.70. The number of hydrogen-bond donors (Lipinski definition) is 0. The maximum Gasteiger partial charge on any atom is 0.181 e. The first-order valence-electron chi connectivity index (χ1n) is 6.36. The van der Waals surface area contributed by atoms with Crippen molar-refractivity contribution in [3.8, 4) is 6.07 Å². The van der Waals surface area contributed by atoms with Crippen molar-refractivity contribution in [2.24, 2.45) is 0 Å². The molecule has 0 unspecified atom stereocenters. The average molecular weight is 291 g/mol. The number of hydrogen-bond acceptors (Lipinski definition) is 4. The van der Waals surface area contributed by atoms with Gasteiger partial charge in [-0.3, -0.25) is 4.79 Å². The minimum absolute atomic E-state index is 0.0349. The lowest BCUT2D eigenvalue weighted by Crippen LogP contribution is -2.14. The first-order valence-corrected chi connectivity index (χ1v) is 8.01. The molecule has 0 amide bonds. The predicted octanol–water partition coefficient (Wildman–Crippen LogP) is 2.70. The van der Waals surface area contributed by atoms with Crippen molar-refractivity contribution < 1.29 is 13.2 Å². The van der Waals surface area contributed by atoms with E-state index in [0.29, 0.717) is 17.5 Å². The van der Waals surface area contributed by atoms with E-state index in [0.717, 1.165) is 6.42 Å². The van der Waals surface area contributed by atoms with E-state index < -0.39 is 15.6 Å². The Bertz CT molecular complexity index is 667. The van der Waals surface area contributed by atoms with Crippen LogP contribution in [0.1, 0.15) is 37.8 Å². The summed E-state index contributed by atoms with van der Waals surface area (Å²) in [5.41, 5.74) is 0.960. The van der Waals surface area contributed by atoms with Gasteiger partial charge in [0.1, 0.15) is 4.91 Å². The van der Waals surface area contributed by atoms with Gasteiger partial charge >= 0.3 is 0 Å². The van der Waals surface area contributed by atoms with Crippen LogP contribution in [0.15, 0.2) is 29.2 Å². The molecule has 0 aliphatic rings. The number of sulfone groups is 1. The second-order valence-corrected chi connectivity index (χ2v) is 6.55. The monoisotopic (exact) mass is 291 g/mol. The van der Waals surface area contributed by atoms with Crippen LogP contribution in [0.25, 0.3) is 6.08 Å². The maximum absolute atomic E-state index is 12.1. The van der Waals surface area contributed by atoms with Crippen molar-refractivity contribution in [1.82, 2.24) is 0 Å². The first kappa shape index (κ1) is 16.1. The smallest absolute Gasteiger partial charge is 0.181 e. The molecule has 1 aromatic rings. The lowest BCUT2D eigenvalue weighted by Gasteiger charge is -2.06. The quantitative estimate of drug-likeness (QED) is 0.755. The summed E-state index contributed by atoms with van der Waals surface area (Å²) < 4.78 is 24.3. The molecule has 1 rings (SSSR count). The van der Waals surface area contributed by atoms with Crippen molar-refractivity contribution >= 4 is 21.7 Å². The number of carbonyl (C=O) groups excluding carboxylic acids is 1. The van der Waals surface area contributed by atoms with Crippen molar-refractivity contribution in [1.29, 1.82) is 5.26 Å². The van der Waals surface area contributed by atoms with Crippen LogP contribution in [0, 0.1) is 11.3 Å². The van der Waals surface area contributed by atoms with Crippen LogP contribution in [0.5, 0.6) is 0 Å². The van der Waals surface area contributed by atoms with Crippen LogP contribution < -0.4 is 0 Å². The Balaban J connectivity index is 3.23. The van der Waals surface area contributed by atoms with E-state index in [1.165, 1.54) is 13.0 Å². The molecule has 0 spiro atoms. The number of unbranched alkanes of at least 4 members (excludes halogenated alkanes) is 1. The first-order chi connectivity index (χ1) is 9.40. The molecule has 0 atom stereocenters. The molecule has 0 saturated heterocycles. The Labute approximate surface area is 119 Å². The van der Waals surface area contributed by atoms with E-state index in [4.69, 9.17) is 5.26 Å². The third kappa shape index (κ3) is 4.32. The Hall–Kier alpha value is -1.93. The molecule has 20 heavy (non-hydrogen) atoms. The van der Waals surface area contributed by atoms with Crippen molar-refractivity contribution in [2.75, 3.05) is 5.75 Å². The molecule has 1 aromatic carbocycles. The van der Waals surface area contributed by atoms with Gasteiger partial charge in [0.2, 0.25) is 0 Å². The largest absolute Gasteiger partial charge is 0.294 e. The number of allylic oxidation sites excluding steroid dienone is 1. The third-order valence-corrected chi connectivity index (χ3v) is 4.66. The summed E-state index contributed by atoms with van der Waals surface area (Å²) in [6.07, 6.45) is 2.60. The van der Waals surface area contributed by atoms with E-state index in [2.05, 4.69) is 0 Å². The highest BCUT2D eigenvalue weighted by molar-refractivity contribution is 7.96. The molecule has 0 aliphatic carbocycles. The van der Waals surface area contributed by atoms with E-state index >= 15 is 0 Å². The summed E-state index contributed by atoms with van der Waals surface area (Å²) in [6, 6.07) is 8.47. The summed E-state index contributed by atoms with van der Waals surface area (Å²) in [7, 11) is -3.57. The summed E-state index contributed by atoms with van der Waals surface area (Å²) in [5, 5.41) is 8.83. The molecule has 0 radical (unpaired) electrons. The molecule has 0 fully saturated rings. The predicted molar refractivity (Wildman–Crippen MR) is 78.5 cm³/mol. The zero-order valence-corrected chi connectivity index (χ0v) is 12.4. The van der Waals surface area contributed by atoms with Crippen molar-refractivity contribution in [3.63, 3.8) is 0 Å². The van der Waals surface area contributed by atoms with Crippen LogP contribution in [0.4, 0.5) is 0 Å². The highest BCUT2D eigenvalue weighted by atomic mass is 32.2. The fourth-order valence-corrected chi connectivity index (χ4v) is 3.35. The molecular formula is C15H17NO3S. The Kier molecular flexibility index (Phi) is 5.66. The van der Waals surface area contributed by atoms with E-state index in [-0.39, 0.29) is 10.7 Å². The number of ketones is 1. The minimum Gasteiger partial charge on any atom is -0.294 e. The van der Waals surface area contributed by atoms with Gasteiger partial charge in [-0.1, -0.05) is 25.5 Å². The Morgan fingerprint density at radius 3 is 2.65 bits per heavy atom. The van der Waals surface area contributed by atoms with Crippen LogP contribution in [-0.2, 0) is 14.6 Å². The Morgan fingerprint density at radius 2 is 2.10 bits per heavy atom. The maximum atomic E-state index is 12.1. The van der Waals surface area contributed by atoms with Gasteiger partial charge < -0.3 is 0 Å². The summed E-state index contributed by atoms with van der Waals surface area (Å²) in [6.45, 7) is 3.13. The van der Waals surface area contributed by atoms with E-state index in [1.807, 2.05) is 13.0 Å². The zero-order valence-electron chi connectivity index (χ0n) is 11.6. The number of Topliss-reactive ketones (excluding diaryl/α,β-unsaturated/α-hetero) is 1. The fraction of sp³-hybridized carbons (Fsp3) is 0.333. The Morgan fingerprint density at radius 1 is 1.40 bits per heavy atom. The molecule has 0 heterocycles. The SMILES string of the molecule is CCCCS(=O)(=O)C(=Cc1cccc(C#N)c1)C(C)=O. The van der Waals surface area contributed by atoms with Gasteiger partial charge in [-0.25, -0.2) is 8.42 Å². The van der Waals surface area contributed by atoms with Gasteiger partial charge in [-0.05, 0) is 37.1 Å². The number of rotatable bonds is 6. The minimum atomic E-state index is -3.57. The zero-order chi connectivity index (χ0) is 15.2. The second kappa shape index (κ2) is 7.01. The van der Waals surface area contributed by atoms with Gasteiger partial charge in [0, 0.05) is 0 Å². The molecule has 0 aliphatic heterocycles. The average Bonchev–Trinajstić information content (AvgIpc) is 2.42. The molecule has 0 saturated carbocycles. The lowest BCUT2D eigenvalue weighted by molar-refractivity contribution is -0.112. The molecular weight excluding hydrogens is 274 g/mol. The summed E-state index contributed by atoms with van der Waals surface area (Å²) in [5.74, 6) is -0.518. The standard InChI is InChI=1S/C15H17NO3S/c1-3-4-8-20(18,19)15(12(2)17)10-13-6-5-7-14(9-13)11-16/h5-7,9-10H,3-4,8H2,1-2H3. The van der Waals surface area contributed by atoms with E-state index in [9.17, 15) is 13.2 Å². The highest BCUT2D eigenvalue weighted by Gasteiger charge is 2.21. The van der Waals surface area contributed by atoms with Gasteiger partial charge in [0.25, 0.3) is 0 Å². The van der Waals surface area contributed by atoms with Crippen LogP contribution in [0.3, 0.4) is 0 Å². The molecule has 0 aromatic heterocycles. The van der Waals surface area contributed by atoms with Crippen LogP contribution >= 0.6 is 0 Å². The summed E-state index contributed by atoms with van der Waals surface area (Å²) in [4.78, 5) is 11.4. The normalized spacial score (nSPS) is 11.9. The molecule has 0 bridgehead atoms. The molecule has 0 N–H and O–H groups in total. The van der Waals surface area contributed by atoms with Gasteiger partial charge in [0.15, 0.2) is 15.6 Å². The van der Waals surface area contributed by atoms with E-state index in [1.54, 1.807) is 24.3 Å². The molecule has 5 heteroatoms. The summed E-state index contributed by atoms with van der Waals surface area (Å²) >= 11 is 0. The van der Waals surface area contributed by atoms with Crippen molar-refractivity contribution in [2.45, 2.75) is 26.7 Å². The van der Waals surface area contributed by atoms with Gasteiger partial charge in [-0.2, -0.15) is 5.26 Å². The topological polar surface area (TPSA) is 75.0 Å². The second-order valence-electron chi connectivity index (χ2n) is 4.47. The van der Waals surface area contributed by atoms with Crippen molar-refractivity contribution in [3.05, 3.63) is 40.3 Å². The van der Waals surface area contributed by atoms with Crippen LogP contribution in [-0.4, -0.2) is 20.0 Å². The van der Waals surface area contributed by atoms with Crippen LogP contribution in [0.2, 0.25) is 0 Å².